The SMILES string of the molecule is Nc1[nH]ncc1CNC(=O)c1ccnnc1. The second-order valence-electron chi connectivity index (χ2n) is 3.12. The Hall–Kier alpha value is -2.44. The Kier molecular flexibility index (Phi) is 2.77. The van der Waals surface area contributed by atoms with E-state index in [4.69, 9.17) is 5.73 Å². The number of rotatable bonds is 3. The lowest BCUT2D eigenvalue weighted by Gasteiger charge is -2.03. The average Bonchev–Trinajstić information content (AvgIpc) is 2.73. The second-order valence-corrected chi connectivity index (χ2v) is 3.12. The Bertz CT molecular complexity index is 480. The highest BCUT2D eigenvalue weighted by Crippen LogP contribution is 2.05. The maximum atomic E-state index is 11.6. The first kappa shape index (κ1) is 10.1. The van der Waals surface area contributed by atoms with Gasteiger partial charge in [-0.25, -0.2) is 0 Å². The molecule has 1 amide bonds. The third kappa shape index (κ3) is 2.14. The van der Waals surface area contributed by atoms with Crippen molar-refractivity contribution in [1.29, 1.82) is 0 Å². The zero-order valence-corrected chi connectivity index (χ0v) is 8.34. The minimum Gasteiger partial charge on any atom is -0.384 e. The molecular weight excluding hydrogens is 208 g/mol. The molecule has 2 rings (SSSR count). The van der Waals surface area contributed by atoms with E-state index in [1.807, 2.05) is 0 Å². The van der Waals surface area contributed by atoms with E-state index in [0.29, 0.717) is 17.9 Å². The molecule has 0 bridgehead atoms. The number of aromatic nitrogens is 4. The predicted molar refractivity (Wildman–Crippen MR) is 56.2 cm³/mol. The van der Waals surface area contributed by atoms with Gasteiger partial charge in [-0.1, -0.05) is 0 Å². The first-order valence-electron chi connectivity index (χ1n) is 4.60. The molecule has 0 saturated carbocycles. The van der Waals surface area contributed by atoms with E-state index in [2.05, 4.69) is 25.7 Å². The number of carbonyl (C=O) groups is 1. The molecule has 2 heterocycles. The van der Waals surface area contributed by atoms with Gasteiger partial charge in [-0.3, -0.25) is 9.89 Å². The van der Waals surface area contributed by atoms with Gasteiger partial charge >= 0.3 is 0 Å². The van der Waals surface area contributed by atoms with Crippen molar-refractivity contribution < 1.29 is 4.79 Å². The summed E-state index contributed by atoms with van der Waals surface area (Å²) in [4.78, 5) is 11.6. The number of H-pyrrole nitrogens is 1. The quantitative estimate of drug-likeness (QED) is 0.655. The Morgan fingerprint density at radius 1 is 1.44 bits per heavy atom. The molecule has 0 aliphatic rings. The van der Waals surface area contributed by atoms with Crippen molar-refractivity contribution in [3.63, 3.8) is 0 Å². The highest BCUT2D eigenvalue weighted by Gasteiger charge is 2.06. The molecule has 0 aliphatic carbocycles. The number of nitrogens with one attached hydrogen (secondary N) is 2. The number of nitrogens with two attached hydrogens (primary N) is 1. The minimum atomic E-state index is -0.226. The number of anilines is 1. The molecule has 2 aromatic rings. The summed E-state index contributed by atoms with van der Waals surface area (Å²) in [6.07, 6.45) is 4.43. The van der Waals surface area contributed by atoms with Gasteiger partial charge < -0.3 is 11.1 Å². The van der Waals surface area contributed by atoms with Crippen LogP contribution in [0.15, 0.2) is 24.7 Å². The molecule has 0 unspecified atom stereocenters. The molecule has 0 saturated heterocycles. The minimum absolute atomic E-state index is 0.226. The van der Waals surface area contributed by atoms with E-state index in [-0.39, 0.29) is 5.91 Å². The lowest BCUT2D eigenvalue weighted by molar-refractivity contribution is 0.0950. The molecule has 2 aromatic heterocycles. The number of aromatic amines is 1. The van der Waals surface area contributed by atoms with Gasteiger partial charge in [-0.2, -0.15) is 15.3 Å². The number of hydrogen-bond acceptors (Lipinski definition) is 5. The Morgan fingerprint density at radius 3 is 2.94 bits per heavy atom. The third-order valence-electron chi connectivity index (χ3n) is 2.04. The summed E-state index contributed by atoms with van der Waals surface area (Å²) in [7, 11) is 0. The van der Waals surface area contributed by atoms with Crippen molar-refractivity contribution >= 4 is 11.7 Å². The van der Waals surface area contributed by atoms with E-state index >= 15 is 0 Å². The summed E-state index contributed by atoms with van der Waals surface area (Å²) in [6, 6.07) is 1.58. The van der Waals surface area contributed by atoms with Crippen molar-refractivity contribution in [3.8, 4) is 0 Å². The molecule has 7 nitrogen and oxygen atoms in total. The van der Waals surface area contributed by atoms with E-state index in [1.165, 1.54) is 12.4 Å². The van der Waals surface area contributed by atoms with Gasteiger partial charge in [-0.15, -0.1) is 0 Å². The number of amides is 1. The van der Waals surface area contributed by atoms with Crippen LogP contribution in [0.3, 0.4) is 0 Å². The summed E-state index contributed by atoms with van der Waals surface area (Å²) >= 11 is 0. The van der Waals surface area contributed by atoms with Crippen LogP contribution < -0.4 is 11.1 Å². The molecule has 0 aromatic carbocycles. The summed E-state index contributed by atoms with van der Waals surface area (Å²) in [5.74, 6) is 0.226. The van der Waals surface area contributed by atoms with E-state index in [0.717, 1.165) is 5.56 Å². The molecular formula is C9H10N6O. The summed E-state index contributed by atoms with van der Waals surface area (Å²) in [5, 5.41) is 16.2. The number of nitrogen functional groups attached to an aromatic ring is 1. The van der Waals surface area contributed by atoms with Crippen molar-refractivity contribution in [2.45, 2.75) is 6.54 Å². The lowest BCUT2D eigenvalue weighted by Crippen LogP contribution is -2.23. The summed E-state index contributed by atoms with van der Waals surface area (Å²) in [6.45, 7) is 0.323. The molecule has 82 valence electrons. The fourth-order valence-corrected chi connectivity index (χ4v) is 1.16. The van der Waals surface area contributed by atoms with Crippen molar-refractivity contribution in [2.75, 3.05) is 5.73 Å². The van der Waals surface area contributed by atoms with Gasteiger partial charge in [0.2, 0.25) is 0 Å². The normalized spacial score (nSPS) is 10.0. The van der Waals surface area contributed by atoms with Crippen LogP contribution in [0.2, 0.25) is 0 Å². The number of nitrogens with zero attached hydrogens (tertiary/aromatic N) is 3. The summed E-state index contributed by atoms with van der Waals surface area (Å²) < 4.78 is 0. The van der Waals surface area contributed by atoms with Crippen LogP contribution in [-0.2, 0) is 6.54 Å². The Balaban J connectivity index is 1.97. The van der Waals surface area contributed by atoms with Gasteiger partial charge in [0.05, 0.1) is 24.2 Å². The van der Waals surface area contributed by atoms with E-state index in [9.17, 15) is 4.79 Å². The van der Waals surface area contributed by atoms with Crippen LogP contribution in [0.1, 0.15) is 15.9 Å². The van der Waals surface area contributed by atoms with E-state index < -0.39 is 0 Å². The van der Waals surface area contributed by atoms with Crippen molar-refractivity contribution in [1.82, 2.24) is 25.7 Å². The van der Waals surface area contributed by atoms with Crippen LogP contribution >= 0.6 is 0 Å². The first-order valence-corrected chi connectivity index (χ1v) is 4.60. The molecule has 0 atom stereocenters. The summed E-state index contributed by atoms with van der Waals surface area (Å²) in [5.41, 5.74) is 6.78. The lowest BCUT2D eigenvalue weighted by atomic mass is 10.2. The largest absolute Gasteiger partial charge is 0.384 e. The maximum Gasteiger partial charge on any atom is 0.253 e. The fraction of sp³-hybridized carbons (Fsp3) is 0.111. The number of hydrogen-bond donors (Lipinski definition) is 3. The molecule has 0 radical (unpaired) electrons. The number of carbonyl (C=O) groups excluding carboxylic acids is 1. The van der Waals surface area contributed by atoms with Gasteiger partial charge in [0.15, 0.2) is 0 Å². The van der Waals surface area contributed by atoms with Gasteiger partial charge in [0.1, 0.15) is 5.82 Å². The predicted octanol–water partition coefficient (Wildman–Crippen LogP) is -0.288. The van der Waals surface area contributed by atoms with Crippen molar-refractivity contribution in [3.05, 3.63) is 35.8 Å². The molecule has 0 spiro atoms. The molecule has 0 fully saturated rings. The topological polar surface area (TPSA) is 110 Å². The van der Waals surface area contributed by atoms with Crippen LogP contribution in [0.5, 0.6) is 0 Å². The molecule has 0 aliphatic heterocycles. The van der Waals surface area contributed by atoms with E-state index in [1.54, 1.807) is 12.3 Å². The fourth-order valence-electron chi connectivity index (χ4n) is 1.16. The van der Waals surface area contributed by atoms with Crippen LogP contribution in [0, 0.1) is 0 Å². The van der Waals surface area contributed by atoms with Gasteiger partial charge in [0, 0.05) is 12.1 Å². The maximum absolute atomic E-state index is 11.6. The standard InChI is InChI=1S/C9H10N6O/c10-8-7(5-14-15-8)3-11-9(16)6-1-2-12-13-4-6/h1-2,4-5H,3H2,(H,11,16)(H3,10,14,15). The molecule has 16 heavy (non-hydrogen) atoms. The van der Waals surface area contributed by atoms with Gasteiger partial charge in [0.25, 0.3) is 5.91 Å². The molecule has 4 N–H and O–H groups in total. The smallest absolute Gasteiger partial charge is 0.253 e. The van der Waals surface area contributed by atoms with Crippen LogP contribution in [-0.4, -0.2) is 26.3 Å². The Morgan fingerprint density at radius 2 is 2.31 bits per heavy atom. The highest BCUT2D eigenvalue weighted by molar-refractivity contribution is 5.93. The molecule has 7 heteroatoms. The Labute approximate surface area is 91.1 Å². The second kappa shape index (κ2) is 4.39. The van der Waals surface area contributed by atoms with Gasteiger partial charge in [-0.05, 0) is 6.07 Å². The third-order valence-corrected chi connectivity index (χ3v) is 2.04. The zero-order chi connectivity index (χ0) is 11.4. The zero-order valence-electron chi connectivity index (χ0n) is 8.34. The monoisotopic (exact) mass is 218 g/mol. The first-order chi connectivity index (χ1) is 7.77. The van der Waals surface area contributed by atoms with Crippen LogP contribution in [0.4, 0.5) is 5.82 Å². The van der Waals surface area contributed by atoms with Crippen LogP contribution in [0.25, 0.3) is 0 Å². The highest BCUT2D eigenvalue weighted by atomic mass is 16.1. The average molecular weight is 218 g/mol. The van der Waals surface area contributed by atoms with Crippen molar-refractivity contribution in [2.24, 2.45) is 0 Å².